The van der Waals surface area contributed by atoms with Crippen molar-refractivity contribution in [1.29, 1.82) is 0 Å². The van der Waals surface area contributed by atoms with Crippen molar-refractivity contribution in [3.05, 3.63) is 23.8 Å². The van der Waals surface area contributed by atoms with E-state index in [-0.39, 0.29) is 4.90 Å². The average molecular weight is 308 g/mol. The van der Waals surface area contributed by atoms with E-state index in [2.05, 4.69) is 4.72 Å². The van der Waals surface area contributed by atoms with Crippen molar-refractivity contribution in [3.63, 3.8) is 0 Å². The highest BCUT2D eigenvalue weighted by atomic mass is 32.2. The van der Waals surface area contributed by atoms with E-state index in [1.54, 1.807) is 19.1 Å². The van der Waals surface area contributed by atoms with Crippen LogP contribution >= 0.6 is 0 Å². The summed E-state index contributed by atoms with van der Waals surface area (Å²) in [7, 11) is -3.42. The minimum atomic E-state index is -3.42. The predicted octanol–water partition coefficient (Wildman–Crippen LogP) is 2.55. The second kappa shape index (κ2) is 5.61. The van der Waals surface area contributed by atoms with Crippen LogP contribution in [0.5, 0.6) is 0 Å². The number of anilines is 1. The molecule has 21 heavy (non-hydrogen) atoms. The van der Waals surface area contributed by atoms with Crippen LogP contribution in [0.1, 0.15) is 38.2 Å². The minimum Gasteiger partial charge on any atom is -0.398 e. The molecule has 2 aliphatic rings. The Morgan fingerprint density at radius 3 is 2.67 bits per heavy atom. The zero-order valence-corrected chi connectivity index (χ0v) is 13.3. The monoisotopic (exact) mass is 308 g/mol. The van der Waals surface area contributed by atoms with Gasteiger partial charge in [0.15, 0.2) is 0 Å². The van der Waals surface area contributed by atoms with Gasteiger partial charge in [0.25, 0.3) is 0 Å². The molecule has 0 spiro atoms. The molecule has 0 amide bonds. The summed E-state index contributed by atoms with van der Waals surface area (Å²) < 4.78 is 26.5. The zero-order chi connectivity index (χ0) is 15.0. The van der Waals surface area contributed by atoms with Crippen molar-refractivity contribution in [2.45, 2.75) is 43.9 Å². The number of sulfonamides is 1. The standard InChI is InChI=1S/C16H24N2O2S/c1-2-18-21(19,20)15-6-5-13(16(17)10-15)9-14-8-11-3-4-12(14)7-11/h5-6,10-12,14,18H,2-4,7-9,17H2,1H3. The molecular formula is C16H24N2O2S. The van der Waals surface area contributed by atoms with Gasteiger partial charge in [0.2, 0.25) is 10.0 Å². The number of nitrogens with one attached hydrogen (secondary N) is 1. The molecule has 2 fully saturated rings. The molecule has 4 nitrogen and oxygen atoms in total. The second-order valence-corrected chi connectivity index (χ2v) is 8.27. The Labute approximate surface area is 127 Å². The van der Waals surface area contributed by atoms with E-state index in [0.29, 0.717) is 12.2 Å². The van der Waals surface area contributed by atoms with Gasteiger partial charge in [-0.1, -0.05) is 19.4 Å². The molecule has 2 bridgehead atoms. The van der Waals surface area contributed by atoms with E-state index >= 15 is 0 Å². The first-order valence-corrected chi connectivity index (χ1v) is 9.36. The van der Waals surface area contributed by atoms with Crippen LogP contribution in [0.4, 0.5) is 5.69 Å². The van der Waals surface area contributed by atoms with Crippen LogP contribution in [-0.4, -0.2) is 15.0 Å². The van der Waals surface area contributed by atoms with E-state index in [4.69, 9.17) is 5.73 Å². The molecule has 2 aliphatic carbocycles. The van der Waals surface area contributed by atoms with Gasteiger partial charge in [-0.15, -0.1) is 0 Å². The Bertz CT molecular complexity index is 627. The molecule has 1 aromatic rings. The molecule has 0 radical (unpaired) electrons. The zero-order valence-electron chi connectivity index (χ0n) is 12.5. The summed E-state index contributed by atoms with van der Waals surface area (Å²) in [6.07, 6.45) is 6.46. The predicted molar refractivity (Wildman–Crippen MR) is 84.4 cm³/mol. The van der Waals surface area contributed by atoms with Crippen molar-refractivity contribution in [2.24, 2.45) is 17.8 Å². The highest BCUT2D eigenvalue weighted by Gasteiger charge is 2.39. The molecule has 0 heterocycles. The van der Waals surface area contributed by atoms with E-state index < -0.39 is 10.0 Å². The van der Waals surface area contributed by atoms with Crippen LogP contribution in [0.2, 0.25) is 0 Å². The van der Waals surface area contributed by atoms with Gasteiger partial charge < -0.3 is 5.73 Å². The number of nitrogens with two attached hydrogens (primary N) is 1. The molecule has 3 unspecified atom stereocenters. The minimum absolute atomic E-state index is 0.263. The Morgan fingerprint density at radius 2 is 2.10 bits per heavy atom. The number of hydrogen-bond donors (Lipinski definition) is 2. The smallest absolute Gasteiger partial charge is 0.240 e. The van der Waals surface area contributed by atoms with Gasteiger partial charge in [-0.05, 0) is 61.1 Å². The van der Waals surface area contributed by atoms with Crippen LogP contribution in [0.15, 0.2) is 23.1 Å². The van der Waals surface area contributed by atoms with Gasteiger partial charge in [0, 0.05) is 12.2 Å². The first-order chi connectivity index (χ1) is 9.99. The first-order valence-electron chi connectivity index (χ1n) is 7.87. The molecule has 0 saturated heterocycles. The average Bonchev–Trinajstić information content (AvgIpc) is 3.03. The third-order valence-electron chi connectivity index (χ3n) is 5.13. The fourth-order valence-electron chi connectivity index (χ4n) is 4.11. The van der Waals surface area contributed by atoms with Crippen molar-refractivity contribution in [2.75, 3.05) is 12.3 Å². The third kappa shape index (κ3) is 2.94. The molecule has 0 aliphatic heterocycles. The van der Waals surface area contributed by atoms with Crippen molar-refractivity contribution in [3.8, 4) is 0 Å². The number of nitrogen functional groups attached to an aromatic ring is 1. The molecule has 3 atom stereocenters. The normalized spacial score (nSPS) is 28.1. The lowest BCUT2D eigenvalue weighted by molar-refractivity contribution is 0.332. The summed E-state index contributed by atoms with van der Waals surface area (Å²) in [5.41, 5.74) is 7.81. The SMILES string of the molecule is CCNS(=O)(=O)c1ccc(CC2CC3CCC2C3)c(N)c1. The van der Waals surface area contributed by atoms with Crippen molar-refractivity contribution < 1.29 is 8.42 Å². The molecule has 0 aromatic heterocycles. The number of benzene rings is 1. The molecule has 116 valence electrons. The highest BCUT2D eigenvalue weighted by molar-refractivity contribution is 7.89. The van der Waals surface area contributed by atoms with Gasteiger partial charge in [0.05, 0.1) is 4.90 Å². The van der Waals surface area contributed by atoms with E-state index in [0.717, 1.165) is 29.7 Å². The fourth-order valence-corrected chi connectivity index (χ4v) is 5.18. The quantitative estimate of drug-likeness (QED) is 0.821. The van der Waals surface area contributed by atoms with Crippen LogP contribution in [0, 0.1) is 17.8 Å². The van der Waals surface area contributed by atoms with Crippen molar-refractivity contribution in [1.82, 2.24) is 4.72 Å². The largest absolute Gasteiger partial charge is 0.398 e. The fraction of sp³-hybridized carbons (Fsp3) is 0.625. The van der Waals surface area contributed by atoms with E-state index in [1.165, 1.54) is 25.7 Å². The summed E-state index contributed by atoms with van der Waals surface area (Å²) >= 11 is 0. The third-order valence-corrected chi connectivity index (χ3v) is 6.67. The van der Waals surface area contributed by atoms with Crippen LogP contribution in [0.25, 0.3) is 0 Å². The van der Waals surface area contributed by atoms with Crippen LogP contribution in [-0.2, 0) is 16.4 Å². The highest BCUT2D eigenvalue weighted by Crippen LogP contribution is 2.49. The summed E-state index contributed by atoms with van der Waals surface area (Å²) in [4.78, 5) is 0.263. The summed E-state index contributed by atoms with van der Waals surface area (Å²) in [5, 5.41) is 0. The summed E-state index contributed by atoms with van der Waals surface area (Å²) in [6.45, 7) is 2.15. The summed E-state index contributed by atoms with van der Waals surface area (Å²) in [6, 6.07) is 5.17. The Balaban J connectivity index is 1.76. The lowest BCUT2D eigenvalue weighted by atomic mass is 9.84. The Morgan fingerprint density at radius 1 is 1.29 bits per heavy atom. The topological polar surface area (TPSA) is 72.2 Å². The summed E-state index contributed by atoms with van der Waals surface area (Å²) in [5.74, 6) is 2.52. The van der Waals surface area contributed by atoms with Gasteiger partial charge in [-0.2, -0.15) is 0 Å². The molecule has 3 N–H and O–H groups in total. The van der Waals surface area contributed by atoms with Gasteiger partial charge in [-0.3, -0.25) is 0 Å². The number of hydrogen-bond acceptors (Lipinski definition) is 3. The molecule has 2 saturated carbocycles. The Kier molecular flexibility index (Phi) is 3.97. The Hall–Kier alpha value is -1.07. The van der Waals surface area contributed by atoms with Gasteiger partial charge in [0.1, 0.15) is 0 Å². The van der Waals surface area contributed by atoms with Crippen molar-refractivity contribution >= 4 is 15.7 Å². The first kappa shape index (κ1) is 14.9. The lowest BCUT2D eigenvalue weighted by Crippen LogP contribution is -2.23. The molecule has 3 rings (SSSR count). The number of fused-ring (bicyclic) bond motifs is 2. The maximum atomic E-state index is 12.0. The molecular weight excluding hydrogens is 284 g/mol. The molecule has 5 heteroatoms. The maximum Gasteiger partial charge on any atom is 0.240 e. The van der Waals surface area contributed by atoms with E-state index in [9.17, 15) is 8.42 Å². The van der Waals surface area contributed by atoms with Gasteiger partial charge >= 0.3 is 0 Å². The number of rotatable bonds is 5. The molecule has 1 aromatic carbocycles. The van der Waals surface area contributed by atoms with Crippen LogP contribution in [0.3, 0.4) is 0 Å². The maximum absolute atomic E-state index is 12.0. The second-order valence-electron chi connectivity index (χ2n) is 6.50. The van der Waals surface area contributed by atoms with Gasteiger partial charge in [-0.25, -0.2) is 13.1 Å². The van der Waals surface area contributed by atoms with E-state index in [1.807, 2.05) is 6.07 Å². The lowest BCUT2D eigenvalue weighted by Gasteiger charge is -2.22. The van der Waals surface area contributed by atoms with Crippen LogP contribution < -0.4 is 10.5 Å².